The third kappa shape index (κ3) is 2.97. The molecule has 1 nitrogen and oxygen atoms in total. The number of pyridine rings is 1. The van der Waals surface area contributed by atoms with E-state index in [1.807, 2.05) is 55.5 Å². The zero-order valence-electron chi connectivity index (χ0n) is 13.3. The Hall–Kier alpha value is -2.82. The molecule has 3 aromatic rings. The SMILES string of the molecule is C#C/C=C(\C=C/C)c1c(Cl)nc2ccccc2c1-c1ccccc1. The van der Waals surface area contributed by atoms with Crippen molar-refractivity contribution in [1.29, 1.82) is 0 Å². The predicted molar refractivity (Wildman–Crippen MR) is 104 cm³/mol. The summed E-state index contributed by atoms with van der Waals surface area (Å²) in [6.07, 6.45) is 11.2. The van der Waals surface area contributed by atoms with Crippen molar-refractivity contribution in [2.75, 3.05) is 0 Å². The summed E-state index contributed by atoms with van der Waals surface area (Å²) >= 11 is 6.57. The molecular weight excluding hydrogens is 314 g/mol. The van der Waals surface area contributed by atoms with Crippen LogP contribution in [0.15, 0.2) is 72.8 Å². The van der Waals surface area contributed by atoms with Crippen LogP contribution in [0.25, 0.3) is 27.6 Å². The molecule has 0 spiro atoms. The number of fused-ring (bicyclic) bond motifs is 1. The second-order valence-electron chi connectivity index (χ2n) is 5.30. The molecule has 3 rings (SSSR count). The zero-order chi connectivity index (χ0) is 16.9. The largest absolute Gasteiger partial charge is 0.235 e. The number of allylic oxidation sites excluding steroid dienone is 4. The average molecular weight is 330 g/mol. The van der Waals surface area contributed by atoms with E-state index in [4.69, 9.17) is 18.0 Å². The van der Waals surface area contributed by atoms with E-state index in [2.05, 4.69) is 29.1 Å². The van der Waals surface area contributed by atoms with E-state index in [0.29, 0.717) is 5.15 Å². The van der Waals surface area contributed by atoms with Crippen LogP contribution in [0.1, 0.15) is 12.5 Å². The number of rotatable bonds is 3. The smallest absolute Gasteiger partial charge is 0.138 e. The summed E-state index contributed by atoms with van der Waals surface area (Å²) in [7, 11) is 0. The molecule has 0 radical (unpaired) electrons. The van der Waals surface area contributed by atoms with Gasteiger partial charge in [-0.15, -0.1) is 6.42 Å². The van der Waals surface area contributed by atoms with Crippen molar-refractivity contribution in [2.24, 2.45) is 0 Å². The van der Waals surface area contributed by atoms with Crippen LogP contribution in [0, 0.1) is 12.3 Å². The maximum absolute atomic E-state index is 6.57. The van der Waals surface area contributed by atoms with Crippen LogP contribution in [0.2, 0.25) is 5.15 Å². The first kappa shape index (κ1) is 16.1. The van der Waals surface area contributed by atoms with Crippen molar-refractivity contribution in [2.45, 2.75) is 6.92 Å². The molecule has 0 N–H and O–H groups in total. The average Bonchev–Trinajstić information content (AvgIpc) is 2.61. The highest BCUT2D eigenvalue weighted by atomic mass is 35.5. The van der Waals surface area contributed by atoms with E-state index in [1.54, 1.807) is 6.08 Å². The number of hydrogen-bond acceptors (Lipinski definition) is 1. The third-order valence-electron chi connectivity index (χ3n) is 3.78. The molecule has 0 amide bonds. The maximum atomic E-state index is 6.57. The molecule has 0 unspecified atom stereocenters. The second-order valence-corrected chi connectivity index (χ2v) is 5.66. The summed E-state index contributed by atoms with van der Waals surface area (Å²) < 4.78 is 0. The monoisotopic (exact) mass is 329 g/mol. The van der Waals surface area contributed by atoms with Gasteiger partial charge in [0.1, 0.15) is 5.15 Å². The van der Waals surface area contributed by atoms with Crippen LogP contribution in [0.5, 0.6) is 0 Å². The van der Waals surface area contributed by atoms with Gasteiger partial charge in [0.2, 0.25) is 0 Å². The van der Waals surface area contributed by atoms with Crippen LogP contribution in [0.4, 0.5) is 0 Å². The Morgan fingerprint density at radius 3 is 2.50 bits per heavy atom. The second kappa shape index (κ2) is 7.17. The van der Waals surface area contributed by atoms with E-state index in [9.17, 15) is 0 Å². The molecule has 0 bridgehead atoms. The normalized spacial score (nSPS) is 11.8. The Kier molecular flexibility index (Phi) is 4.79. The van der Waals surface area contributed by atoms with Gasteiger partial charge < -0.3 is 0 Å². The van der Waals surface area contributed by atoms with Gasteiger partial charge in [0.15, 0.2) is 0 Å². The molecule has 1 heterocycles. The molecule has 0 aliphatic carbocycles. The molecule has 2 aromatic carbocycles. The van der Waals surface area contributed by atoms with Gasteiger partial charge in [-0.3, -0.25) is 0 Å². The number of aromatic nitrogens is 1. The van der Waals surface area contributed by atoms with Crippen LogP contribution < -0.4 is 0 Å². The summed E-state index contributed by atoms with van der Waals surface area (Å²) in [4.78, 5) is 4.57. The van der Waals surface area contributed by atoms with Crippen LogP contribution in [0.3, 0.4) is 0 Å². The number of halogens is 1. The Bertz CT molecular complexity index is 976. The number of para-hydroxylation sites is 1. The minimum absolute atomic E-state index is 0.451. The quantitative estimate of drug-likeness (QED) is 0.319. The Morgan fingerprint density at radius 2 is 1.79 bits per heavy atom. The zero-order valence-corrected chi connectivity index (χ0v) is 14.1. The molecule has 24 heavy (non-hydrogen) atoms. The molecule has 0 saturated heterocycles. The molecule has 0 saturated carbocycles. The molecule has 0 fully saturated rings. The molecule has 0 atom stereocenters. The lowest BCUT2D eigenvalue weighted by molar-refractivity contribution is 1.38. The maximum Gasteiger partial charge on any atom is 0.138 e. The first-order valence-electron chi connectivity index (χ1n) is 7.69. The number of benzene rings is 2. The van der Waals surface area contributed by atoms with Gasteiger partial charge in [0, 0.05) is 16.5 Å². The van der Waals surface area contributed by atoms with E-state index in [0.717, 1.165) is 33.2 Å². The molecule has 1 aromatic heterocycles. The van der Waals surface area contributed by atoms with Crippen molar-refractivity contribution in [1.82, 2.24) is 4.98 Å². The lowest BCUT2D eigenvalue weighted by atomic mass is 9.92. The molecule has 0 aliphatic heterocycles. The van der Waals surface area contributed by atoms with Crippen molar-refractivity contribution in [3.8, 4) is 23.5 Å². The van der Waals surface area contributed by atoms with Gasteiger partial charge in [0.25, 0.3) is 0 Å². The number of nitrogens with zero attached hydrogens (tertiary/aromatic N) is 1. The van der Waals surface area contributed by atoms with E-state index >= 15 is 0 Å². The van der Waals surface area contributed by atoms with Crippen LogP contribution in [-0.2, 0) is 0 Å². The van der Waals surface area contributed by atoms with Gasteiger partial charge in [0.05, 0.1) is 5.52 Å². The molecular formula is C22H16ClN. The Labute approximate surface area is 147 Å². The van der Waals surface area contributed by atoms with E-state index in [1.165, 1.54) is 0 Å². The molecule has 2 heteroatoms. The summed E-state index contributed by atoms with van der Waals surface area (Å²) in [5.41, 5.74) is 4.73. The summed E-state index contributed by atoms with van der Waals surface area (Å²) in [6.45, 7) is 1.95. The third-order valence-corrected chi connectivity index (χ3v) is 4.06. The highest BCUT2D eigenvalue weighted by Crippen LogP contribution is 2.39. The summed E-state index contributed by atoms with van der Waals surface area (Å²) in [5.74, 6) is 2.61. The number of hydrogen-bond donors (Lipinski definition) is 0. The topological polar surface area (TPSA) is 12.9 Å². The van der Waals surface area contributed by atoms with E-state index < -0.39 is 0 Å². The van der Waals surface area contributed by atoms with Crippen LogP contribution >= 0.6 is 11.6 Å². The predicted octanol–water partition coefficient (Wildman–Crippen LogP) is 6.15. The molecule has 116 valence electrons. The fourth-order valence-corrected chi connectivity index (χ4v) is 3.12. The molecule has 0 aliphatic rings. The lowest BCUT2D eigenvalue weighted by Gasteiger charge is -2.15. The fraction of sp³-hybridized carbons (Fsp3) is 0.0455. The first-order valence-corrected chi connectivity index (χ1v) is 8.07. The van der Waals surface area contributed by atoms with Gasteiger partial charge in [-0.2, -0.15) is 0 Å². The minimum Gasteiger partial charge on any atom is -0.235 e. The van der Waals surface area contributed by atoms with Gasteiger partial charge in [-0.25, -0.2) is 4.98 Å². The van der Waals surface area contributed by atoms with Gasteiger partial charge in [-0.05, 0) is 30.2 Å². The fourth-order valence-electron chi connectivity index (χ4n) is 2.82. The lowest BCUT2D eigenvalue weighted by Crippen LogP contribution is -1.95. The van der Waals surface area contributed by atoms with Gasteiger partial charge in [-0.1, -0.05) is 78.2 Å². The van der Waals surface area contributed by atoms with Crippen molar-refractivity contribution >= 4 is 28.1 Å². The standard InChI is InChI=1S/C22H16ClN/c1-3-10-16(11-4-2)21-20(17-12-6-5-7-13-17)18-14-8-9-15-19(18)24-22(21)23/h1,4-15H,2H3/b11-4-,16-10+. The Morgan fingerprint density at radius 1 is 1.08 bits per heavy atom. The van der Waals surface area contributed by atoms with Crippen molar-refractivity contribution in [3.63, 3.8) is 0 Å². The van der Waals surface area contributed by atoms with Crippen molar-refractivity contribution in [3.05, 3.63) is 83.5 Å². The van der Waals surface area contributed by atoms with Crippen molar-refractivity contribution < 1.29 is 0 Å². The Balaban J connectivity index is 2.47. The summed E-state index contributed by atoms with van der Waals surface area (Å²) in [5, 5.41) is 1.50. The van der Waals surface area contributed by atoms with Crippen LogP contribution in [-0.4, -0.2) is 4.98 Å². The highest BCUT2D eigenvalue weighted by molar-refractivity contribution is 6.33. The summed E-state index contributed by atoms with van der Waals surface area (Å²) in [6, 6.07) is 18.2. The minimum atomic E-state index is 0.451. The first-order chi connectivity index (χ1) is 11.8. The number of terminal acetylenes is 1. The highest BCUT2D eigenvalue weighted by Gasteiger charge is 2.17. The van der Waals surface area contributed by atoms with E-state index in [-0.39, 0.29) is 0 Å². The van der Waals surface area contributed by atoms with Gasteiger partial charge >= 0.3 is 0 Å².